The second-order valence-electron chi connectivity index (χ2n) is 6.15. The van der Waals surface area contributed by atoms with E-state index in [9.17, 15) is 0 Å². The molecule has 1 aromatic heterocycles. The standard InChI is InChI=1S/C15H24N2OS/c1-4-14(2)10-15(16-3,8-9-18-14)13-17-11-6-5-7-12(11)19-13/h16H,4-10H2,1-3H3. The van der Waals surface area contributed by atoms with Gasteiger partial charge in [-0.05, 0) is 46.1 Å². The summed E-state index contributed by atoms with van der Waals surface area (Å²) in [4.78, 5) is 6.48. The zero-order valence-electron chi connectivity index (χ0n) is 12.2. The van der Waals surface area contributed by atoms with E-state index < -0.39 is 0 Å². The third-order valence-corrected chi connectivity index (χ3v) is 6.25. The molecular formula is C15H24N2OS. The van der Waals surface area contributed by atoms with E-state index in [2.05, 4.69) is 26.2 Å². The summed E-state index contributed by atoms with van der Waals surface area (Å²) < 4.78 is 6.01. The molecule has 0 spiro atoms. The molecule has 1 saturated heterocycles. The molecule has 2 aliphatic rings. The average Bonchev–Trinajstić information content (AvgIpc) is 2.99. The molecule has 1 N–H and O–H groups in total. The highest BCUT2D eigenvalue weighted by Crippen LogP contribution is 2.43. The molecule has 2 atom stereocenters. The summed E-state index contributed by atoms with van der Waals surface area (Å²) in [6, 6.07) is 0. The molecule has 19 heavy (non-hydrogen) atoms. The lowest BCUT2D eigenvalue weighted by Crippen LogP contribution is -2.52. The second kappa shape index (κ2) is 4.83. The van der Waals surface area contributed by atoms with Gasteiger partial charge in [0.1, 0.15) is 5.01 Å². The number of aromatic nitrogens is 1. The second-order valence-corrected chi connectivity index (χ2v) is 7.24. The maximum absolute atomic E-state index is 6.01. The SMILES string of the molecule is CCC1(C)CC(NC)(c2nc3c(s2)CCC3)CCO1. The van der Waals surface area contributed by atoms with Crippen molar-refractivity contribution in [3.63, 3.8) is 0 Å². The van der Waals surface area contributed by atoms with Crippen molar-refractivity contribution in [3.05, 3.63) is 15.6 Å². The first kappa shape index (κ1) is 13.5. The molecule has 3 rings (SSSR count). The molecule has 0 radical (unpaired) electrons. The summed E-state index contributed by atoms with van der Waals surface area (Å²) in [5.41, 5.74) is 1.37. The van der Waals surface area contributed by atoms with Crippen molar-refractivity contribution in [3.8, 4) is 0 Å². The Labute approximate surface area is 119 Å². The van der Waals surface area contributed by atoms with Gasteiger partial charge in [-0.1, -0.05) is 6.92 Å². The third-order valence-electron chi connectivity index (χ3n) is 4.89. The van der Waals surface area contributed by atoms with Crippen LogP contribution in [0.25, 0.3) is 0 Å². The molecule has 0 aromatic carbocycles. The van der Waals surface area contributed by atoms with E-state index in [0.29, 0.717) is 0 Å². The van der Waals surface area contributed by atoms with Gasteiger partial charge in [0.15, 0.2) is 0 Å². The lowest BCUT2D eigenvalue weighted by molar-refractivity contribution is -0.102. The fraction of sp³-hybridized carbons (Fsp3) is 0.800. The van der Waals surface area contributed by atoms with Crippen molar-refractivity contribution >= 4 is 11.3 Å². The monoisotopic (exact) mass is 280 g/mol. The van der Waals surface area contributed by atoms with Crippen LogP contribution >= 0.6 is 11.3 Å². The van der Waals surface area contributed by atoms with E-state index in [0.717, 1.165) is 25.9 Å². The molecule has 2 heterocycles. The van der Waals surface area contributed by atoms with E-state index in [-0.39, 0.29) is 11.1 Å². The molecule has 0 amide bonds. The summed E-state index contributed by atoms with van der Waals surface area (Å²) in [6.45, 7) is 5.28. The van der Waals surface area contributed by atoms with Crippen LogP contribution in [0.4, 0.5) is 0 Å². The van der Waals surface area contributed by atoms with Gasteiger partial charge in [-0.3, -0.25) is 0 Å². The van der Waals surface area contributed by atoms with Gasteiger partial charge in [0, 0.05) is 17.9 Å². The summed E-state index contributed by atoms with van der Waals surface area (Å²) in [6.07, 6.45) is 6.81. The molecule has 1 fully saturated rings. The average molecular weight is 280 g/mol. The van der Waals surface area contributed by atoms with Crippen LogP contribution < -0.4 is 5.32 Å². The number of hydrogen-bond acceptors (Lipinski definition) is 4. The minimum atomic E-state index is -0.0165. The van der Waals surface area contributed by atoms with Gasteiger partial charge in [0.05, 0.1) is 16.8 Å². The number of aryl methyl sites for hydroxylation is 2. The highest BCUT2D eigenvalue weighted by atomic mass is 32.1. The van der Waals surface area contributed by atoms with Crippen LogP contribution in [0.5, 0.6) is 0 Å². The minimum Gasteiger partial charge on any atom is -0.375 e. The third kappa shape index (κ3) is 2.24. The predicted molar refractivity (Wildman–Crippen MR) is 78.8 cm³/mol. The molecule has 1 aliphatic carbocycles. The van der Waals surface area contributed by atoms with Crippen LogP contribution in [-0.2, 0) is 23.1 Å². The molecule has 106 valence electrons. The normalized spacial score (nSPS) is 34.5. The number of ether oxygens (including phenoxy) is 1. The van der Waals surface area contributed by atoms with Gasteiger partial charge < -0.3 is 10.1 Å². The fourth-order valence-electron chi connectivity index (χ4n) is 3.37. The van der Waals surface area contributed by atoms with Gasteiger partial charge >= 0.3 is 0 Å². The first-order valence-corrected chi connectivity index (χ1v) is 8.24. The van der Waals surface area contributed by atoms with Crippen LogP contribution in [0.2, 0.25) is 0 Å². The van der Waals surface area contributed by atoms with E-state index in [1.54, 1.807) is 0 Å². The first-order chi connectivity index (χ1) is 9.11. The Balaban J connectivity index is 1.93. The quantitative estimate of drug-likeness (QED) is 0.924. The van der Waals surface area contributed by atoms with E-state index >= 15 is 0 Å². The van der Waals surface area contributed by atoms with Crippen molar-refractivity contribution in [1.82, 2.24) is 10.3 Å². The Kier molecular flexibility index (Phi) is 3.44. The number of nitrogens with zero attached hydrogens (tertiary/aromatic N) is 1. The Morgan fingerprint density at radius 3 is 2.95 bits per heavy atom. The molecule has 2 unspecified atom stereocenters. The lowest BCUT2D eigenvalue weighted by Gasteiger charge is -2.45. The van der Waals surface area contributed by atoms with Gasteiger partial charge in [-0.25, -0.2) is 4.98 Å². The van der Waals surface area contributed by atoms with Crippen LogP contribution in [0.15, 0.2) is 0 Å². The number of thiazole rings is 1. The molecular weight excluding hydrogens is 256 g/mol. The van der Waals surface area contributed by atoms with Gasteiger partial charge in [-0.2, -0.15) is 0 Å². The van der Waals surface area contributed by atoms with Crippen LogP contribution in [0.1, 0.15) is 55.1 Å². The number of nitrogens with one attached hydrogen (secondary N) is 1. The van der Waals surface area contributed by atoms with Crippen LogP contribution in [0.3, 0.4) is 0 Å². The summed E-state index contributed by atoms with van der Waals surface area (Å²) >= 11 is 1.93. The topological polar surface area (TPSA) is 34.2 Å². The molecule has 0 saturated carbocycles. The maximum Gasteiger partial charge on any atom is 0.113 e. The van der Waals surface area contributed by atoms with Crippen LogP contribution in [0, 0.1) is 0 Å². The zero-order valence-corrected chi connectivity index (χ0v) is 13.0. The Morgan fingerprint density at radius 1 is 1.42 bits per heavy atom. The van der Waals surface area contributed by atoms with Crippen molar-refractivity contribution < 1.29 is 4.74 Å². The predicted octanol–water partition coefficient (Wildman–Crippen LogP) is 3.03. The fourth-order valence-corrected chi connectivity index (χ4v) is 4.75. The summed E-state index contributed by atoms with van der Waals surface area (Å²) in [5.74, 6) is 0. The smallest absolute Gasteiger partial charge is 0.113 e. The van der Waals surface area contributed by atoms with E-state index in [4.69, 9.17) is 9.72 Å². The number of hydrogen-bond donors (Lipinski definition) is 1. The van der Waals surface area contributed by atoms with Gasteiger partial charge in [-0.15, -0.1) is 11.3 Å². The van der Waals surface area contributed by atoms with E-state index in [1.165, 1.54) is 34.8 Å². The molecule has 1 aromatic rings. The largest absolute Gasteiger partial charge is 0.375 e. The highest BCUT2D eigenvalue weighted by molar-refractivity contribution is 7.12. The van der Waals surface area contributed by atoms with Gasteiger partial charge in [0.2, 0.25) is 0 Å². The summed E-state index contributed by atoms with van der Waals surface area (Å²) in [5, 5.41) is 4.87. The van der Waals surface area contributed by atoms with Crippen molar-refractivity contribution in [2.24, 2.45) is 0 Å². The zero-order chi connectivity index (χ0) is 13.5. The maximum atomic E-state index is 6.01. The molecule has 4 heteroatoms. The Hall–Kier alpha value is -0.450. The lowest BCUT2D eigenvalue weighted by atomic mass is 9.79. The van der Waals surface area contributed by atoms with Crippen molar-refractivity contribution in [2.45, 2.75) is 63.5 Å². The van der Waals surface area contributed by atoms with Gasteiger partial charge in [0.25, 0.3) is 0 Å². The highest BCUT2D eigenvalue weighted by Gasteiger charge is 2.45. The summed E-state index contributed by atoms with van der Waals surface area (Å²) in [7, 11) is 2.08. The van der Waals surface area contributed by atoms with Crippen LogP contribution in [-0.4, -0.2) is 24.2 Å². The van der Waals surface area contributed by atoms with E-state index in [1.807, 2.05) is 11.3 Å². The van der Waals surface area contributed by atoms with Crippen molar-refractivity contribution in [2.75, 3.05) is 13.7 Å². The number of fused-ring (bicyclic) bond motifs is 1. The first-order valence-electron chi connectivity index (χ1n) is 7.43. The molecule has 3 nitrogen and oxygen atoms in total. The Bertz CT molecular complexity index is 451. The molecule has 1 aliphatic heterocycles. The minimum absolute atomic E-state index is 0.0165. The Morgan fingerprint density at radius 2 is 2.26 bits per heavy atom. The molecule has 0 bridgehead atoms. The van der Waals surface area contributed by atoms with Crippen molar-refractivity contribution in [1.29, 1.82) is 0 Å². The number of rotatable bonds is 3.